The van der Waals surface area contributed by atoms with Crippen LogP contribution in [0.25, 0.3) is 0 Å². The fraction of sp³-hybridized carbons (Fsp3) is 0.333. The largest absolute Gasteiger partial charge is 0.235 e. The zero-order chi connectivity index (χ0) is 7.61. The van der Waals surface area contributed by atoms with Crippen LogP contribution in [0.3, 0.4) is 0 Å². The molecule has 0 aliphatic heterocycles. The highest BCUT2D eigenvalue weighted by atomic mass is 19.1. The summed E-state index contributed by atoms with van der Waals surface area (Å²) in [6.07, 6.45) is 8.53. The molecule has 1 rings (SSSR count). The van der Waals surface area contributed by atoms with Gasteiger partial charge in [-0.15, -0.1) is 0 Å². The second-order valence-corrected chi connectivity index (χ2v) is 2.75. The molecule has 0 unspecified atom stereocenters. The first-order valence-electron chi connectivity index (χ1n) is 3.34. The monoisotopic (exact) mass is 138 g/mol. The molecule has 0 nitrogen and oxygen atoms in total. The van der Waals surface area contributed by atoms with Crippen LogP contribution in [0.5, 0.6) is 0 Å². The fourth-order valence-corrected chi connectivity index (χ4v) is 0.794. The average molecular weight is 138 g/mol. The van der Waals surface area contributed by atoms with Crippen molar-refractivity contribution < 1.29 is 4.39 Å². The topological polar surface area (TPSA) is 0 Å². The van der Waals surface area contributed by atoms with Gasteiger partial charge in [0.1, 0.15) is 5.67 Å². The molecule has 0 bridgehead atoms. The maximum Gasteiger partial charge on any atom is 0.145 e. The van der Waals surface area contributed by atoms with Gasteiger partial charge < -0.3 is 0 Å². The minimum absolute atomic E-state index is 1.08. The SMILES string of the molecule is CC1=CC=C[C@@](C)(F)C=C1. The standard InChI is InChI=1S/C9H11F/c1-8-4-3-6-9(2,10)7-5-8/h3-7H,1-2H3/t9-/m1/s1. The molecule has 0 amide bonds. The smallest absolute Gasteiger partial charge is 0.145 e. The van der Waals surface area contributed by atoms with E-state index < -0.39 is 5.67 Å². The molecular weight excluding hydrogens is 127 g/mol. The lowest BCUT2D eigenvalue weighted by molar-refractivity contribution is 0.328. The van der Waals surface area contributed by atoms with Crippen LogP contribution < -0.4 is 0 Å². The molecule has 0 aromatic rings. The third kappa shape index (κ3) is 1.83. The summed E-state index contributed by atoms with van der Waals surface area (Å²) < 4.78 is 13.1. The van der Waals surface area contributed by atoms with Crippen LogP contribution in [0.15, 0.2) is 36.0 Å². The minimum Gasteiger partial charge on any atom is -0.235 e. The third-order valence-corrected chi connectivity index (χ3v) is 1.45. The summed E-state index contributed by atoms with van der Waals surface area (Å²) in [5, 5.41) is 0. The van der Waals surface area contributed by atoms with Gasteiger partial charge in [-0.05, 0) is 26.0 Å². The van der Waals surface area contributed by atoms with Gasteiger partial charge in [-0.3, -0.25) is 0 Å². The zero-order valence-corrected chi connectivity index (χ0v) is 6.26. The maximum atomic E-state index is 13.1. The summed E-state index contributed by atoms with van der Waals surface area (Å²) in [5.41, 5.74) is -0.188. The molecule has 10 heavy (non-hydrogen) atoms. The van der Waals surface area contributed by atoms with E-state index in [2.05, 4.69) is 0 Å². The van der Waals surface area contributed by atoms with Crippen molar-refractivity contribution in [3.63, 3.8) is 0 Å². The first-order valence-corrected chi connectivity index (χ1v) is 3.34. The van der Waals surface area contributed by atoms with E-state index in [1.807, 2.05) is 13.0 Å². The molecule has 0 aromatic heterocycles. The van der Waals surface area contributed by atoms with E-state index in [4.69, 9.17) is 0 Å². The van der Waals surface area contributed by atoms with Crippen molar-refractivity contribution in [2.45, 2.75) is 19.5 Å². The van der Waals surface area contributed by atoms with E-state index in [0.29, 0.717) is 0 Å². The van der Waals surface area contributed by atoms with Crippen molar-refractivity contribution in [1.82, 2.24) is 0 Å². The molecule has 0 aromatic carbocycles. The van der Waals surface area contributed by atoms with Crippen molar-refractivity contribution >= 4 is 0 Å². The first kappa shape index (κ1) is 7.26. The molecule has 0 radical (unpaired) electrons. The summed E-state index contributed by atoms with van der Waals surface area (Å²) in [7, 11) is 0. The van der Waals surface area contributed by atoms with Gasteiger partial charge >= 0.3 is 0 Å². The molecule has 0 saturated carbocycles. The Morgan fingerprint density at radius 1 is 1.40 bits per heavy atom. The minimum atomic E-state index is -1.27. The Balaban J connectivity index is 2.88. The van der Waals surface area contributed by atoms with Gasteiger partial charge in [-0.25, -0.2) is 4.39 Å². The van der Waals surface area contributed by atoms with E-state index in [9.17, 15) is 4.39 Å². The number of rotatable bonds is 0. The molecule has 0 spiro atoms. The number of alkyl halides is 1. The van der Waals surface area contributed by atoms with E-state index in [1.54, 1.807) is 24.3 Å². The van der Waals surface area contributed by atoms with Gasteiger partial charge in [-0.2, -0.15) is 0 Å². The van der Waals surface area contributed by atoms with Crippen LogP contribution in [-0.2, 0) is 0 Å². The lowest BCUT2D eigenvalue weighted by atomic mass is 10.1. The Morgan fingerprint density at radius 2 is 2.10 bits per heavy atom. The quantitative estimate of drug-likeness (QED) is 0.483. The van der Waals surface area contributed by atoms with Gasteiger partial charge in [0.05, 0.1) is 0 Å². The Hall–Kier alpha value is -0.850. The Morgan fingerprint density at radius 3 is 2.80 bits per heavy atom. The summed E-state index contributed by atoms with van der Waals surface area (Å²) in [4.78, 5) is 0. The van der Waals surface area contributed by atoms with E-state index in [1.165, 1.54) is 6.92 Å². The Labute approximate surface area is 60.7 Å². The number of allylic oxidation sites excluding steroid dienone is 6. The molecular formula is C9H11F. The van der Waals surface area contributed by atoms with Crippen molar-refractivity contribution in [1.29, 1.82) is 0 Å². The highest BCUT2D eigenvalue weighted by Gasteiger charge is 2.14. The predicted molar refractivity (Wildman–Crippen MR) is 41.6 cm³/mol. The molecule has 0 fully saturated rings. The third-order valence-electron chi connectivity index (χ3n) is 1.45. The molecule has 0 heterocycles. The Bertz CT molecular complexity index is 207. The summed E-state index contributed by atoms with van der Waals surface area (Å²) in [6, 6.07) is 0. The van der Waals surface area contributed by atoms with Crippen LogP contribution in [0.4, 0.5) is 4.39 Å². The normalized spacial score (nSPS) is 31.7. The molecule has 0 saturated heterocycles. The molecule has 1 aliphatic rings. The number of halogens is 1. The van der Waals surface area contributed by atoms with Crippen LogP contribution in [-0.4, -0.2) is 5.67 Å². The van der Waals surface area contributed by atoms with Crippen LogP contribution in [0.2, 0.25) is 0 Å². The molecule has 1 atom stereocenters. The van der Waals surface area contributed by atoms with Crippen molar-refractivity contribution in [3.05, 3.63) is 36.0 Å². The Kier molecular flexibility index (Phi) is 1.75. The number of hydrogen-bond acceptors (Lipinski definition) is 0. The van der Waals surface area contributed by atoms with Crippen molar-refractivity contribution in [3.8, 4) is 0 Å². The maximum absolute atomic E-state index is 13.1. The highest BCUT2D eigenvalue weighted by Crippen LogP contribution is 2.17. The summed E-state index contributed by atoms with van der Waals surface area (Å²) in [6.45, 7) is 3.48. The van der Waals surface area contributed by atoms with Crippen molar-refractivity contribution in [2.75, 3.05) is 0 Å². The zero-order valence-electron chi connectivity index (χ0n) is 6.26. The van der Waals surface area contributed by atoms with Gasteiger partial charge in [0.25, 0.3) is 0 Å². The van der Waals surface area contributed by atoms with Crippen LogP contribution in [0, 0.1) is 0 Å². The summed E-state index contributed by atoms with van der Waals surface area (Å²) >= 11 is 0. The van der Waals surface area contributed by atoms with Gasteiger partial charge in [-0.1, -0.05) is 23.8 Å². The molecule has 0 N–H and O–H groups in total. The number of hydrogen-bond donors (Lipinski definition) is 0. The predicted octanol–water partition coefficient (Wildman–Crippen LogP) is 2.79. The van der Waals surface area contributed by atoms with Gasteiger partial charge in [0, 0.05) is 0 Å². The van der Waals surface area contributed by atoms with Gasteiger partial charge in [0.15, 0.2) is 0 Å². The fourth-order valence-electron chi connectivity index (χ4n) is 0.794. The van der Waals surface area contributed by atoms with Gasteiger partial charge in [0.2, 0.25) is 0 Å². The van der Waals surface area contributed by atoms with Crippen molar-refractivity contribution in [2.24, 2.45) is 0 Å². The first-order chi connectivity index (χ1) is 4.60. The second-order valence-electron chi connectivity index (χ2n) is 2.75. The highest BCUT2D eigenvalue weighted by molar-refractivity contribution is 5.30. The summed E-state index contributed by atoms with van der Waals surface area (Å²) in [5.74, 6) is 0. The lowest BCUT2D eigenvalue weighted by Crippen LogP contribution is -2.07. The van der Waals surface area contributed by atoms with Crippen LogP contribution in [0.1, 0.15) is 13.8 Å². The molecule has 1 aliphatic carbocycles. The van der Waals surface area contributed by atoms with E-state index in [0.717, 1.165) is 5.57 Å². The molecule has 1 heteroatoms. The molecule has 54 valence electrons. The van der Waals surface area contributed by atoms with E-state index in [-0.39, 0.29) is 0 Å². The van der Waals surface area contributed by atoms with Crippen LogP contribution >= 0.6 is 0 Å². The lowest BCUT2D eigenvalue weighted by Gasteiger charge is -2.06. The average Bonchev–Trinajstić information content (AvgIpc) is 1.94. The van der Waals surface area contributed by atoms with E-state index >= 15 is 0 Å². The second kappa shape index (κ2) is 2.41.